The molecule has 0 unspecified atom stereocenters. The van der Waals surface area contributed by atoms with Gasteiger partial charge in [0, 0.05) is 26.2 Å². The van der Waals surface area contributed by atoms with Crippen LogP contribution in [0.1, 0.15) is 32.8 Å². The maximum atomic E-state index is 12.9. The Morgan fingerprint density at radius 2 is 1.66 bits per heavy atom. The maximum absolute atomic E-state index is 12.9. The Kier molecular flexibility index (Phi) is 7.40. The second-order valence-electron chi connectivity index (χ2n) is 8.42. The first-order chi connectivity index (χ1) is 15.3. The Morgan fingerprint density at radius 1 is 0.969 bits per heavy atom. The molecule has 0 atom stereocenters. The van der Waals surface area contributed by atoms with Crippen molar-refractivity contribution in [2.24, 2.45) is 5.41 Å². The Bertz CT molecular complexity index is 956. The van der Waals surface area contributed by atoms with Crippen LogP contribution in [0.5, 0.6) is 11.5 Å². The SMILES string of the molecule is CCN1C(=O)C(C)(C)C(=O)N(C)c2cc(OCCCNCc3ccc(OC)cc3)ccc21. The summed E-state index contributed by atoms with van der Waals surface area (Å²) >= 11 is 0. The fourth-order valence-electron chi connectivity index (χ4n) is 3.83. The van der Waals surface area contributed by atoms with Gasteiger partial charge in [-0.15, -0.1) is 0 Å². The summed E-state index contributed by atoms with van der Waals surface area (Å²) in [6.45, 7) is 7.92. The number of nitrogens with one attached hydrogen (secondary N) is 1. The van der Waals surface area contributed by atoms with Crippen LogP contribution in [0.15, 0.2) is 42.5 Å². The van der Waals surface area contributed by atoms with Crippen LogP contribution in [0.4, 0.5) is 11.4 Å². The van der Waals surface area contributed by atoms with E-state index in [1.54, 1.807) is 37.8 Å². The van der Waals surface area contributed by atoms with Gasteiger partial charge >= 0.3 is 0 Å². The highest BCUT2D eigenvalue weighted by Gasteiger charge is 2.45. The van der Waals surface area contributed by atoms with E-state index in [1.165, 1.54) is 5.56 Å². The van der Waals surface area contributed by atoms with Gasteiger partial charge < -0.3 is 24.6 Å². The fraction of sp³-hybridized carbons (Fsp3) is 0.440. The molecular formula is C25H33N3O4. The number of anilines is 2. The Morgan fingerprint density at radius 3 is 2.31 bits per heavy atom. The van der Waals surface area contributed by atoms with Crippen molar-refractivity contribution in [2.75, 3.05) is 43.7 Å². The zero-order chi connectivity index (χ0) is 23.3. The van der Waals surface area contributed by atoms with Crippen LogP contribution in [-0.2, 0) is 16.1 Å². The topological polar surface area (TPSA) is 71.1 Å². The monoisotopic (exact) mass is 439 g/mol. The van der Waals surface area contributed by atoms with Gasteiger partial charge in [-0.3, -0.25) is 9.59 Å². The Balaban J connectivity index is 1.57. The molecule has 172 valence electrons. The van der Waals surface area contributed by atoms with Crippen LogP contribution in [0.25, 0.3) is 0 Å². The molecule has 0 aliphatic carbocycles. The summed E-state index contributed by atoms with van der Waals surface area (Å²) in [5.41, 5.74) is 1.50. The van der Waals surface area contributed by atoms with Crippen molar-refractivity contribution in [3.8, 4) is 11.5 Å². The van der Waals surface area contributed by atoms with Gasteiger partial charge in [0.05, 0.1) is 25.1 Å². The molecule has 1 aliphatic rings. The lowest BCUT2D eigenvalue weighted by Crippen LogP contribution is -2.47. The third-order valence-electron chi connectivity index (χ3n) is 5.79. The van der Waals surface area contributed by atoms with Crippen molar-refractivity contribution in [2.45, 2.75) is 33.7 Å². The lowest BCUT2D eigenvalue weighted by atomic mass is 9.90. The summed E-state index contributed by atoms with van der Waals surface area (Å²) in [5.74, 6) is 1.12. The third kappa shape index (κ3) is 4.88. The van der Waals surface area contributed by atoms with Crippen LogP contribution < -0.4 is 24.6 Å². The summed E-state index contributed by atoms with van der Waals surface area (Å²) in [6.07, 6.45) is 0.842. The third-order valence-corrected chi connectivity index (χ3v) is 5.79. The lowest BCUT2D eigenvalue weighted by Gasteiger charge is -2.27. The first-order valence-corrected chi connectivity index (χ1v) is 11.0. The summed E-state index contributed by atoms with van der Waals surface area (Å²) in [7, 11) is 3.37. The molecule has 7 heteroatoms. The number of carbonyl (C=O) groups excluding carboxylic acids is 2. The minimum atomic E-state index is -1.11. The van der Waals surface area contributed by atoms with E-state index in [1.807, 2.05) is 49.4 Å². The number of carbonyl (C=O) groups is 2. The predicted octanol–water partition coefficient (Wildman–Crippen LogP) is 3.61. The molecular weight excluding hydrogens is 406 g/mol. The number of nitrogens with zero attached hydrogens (tertiary/aromatic N) is 2. The van der Waals surface area contributed by atoms with E-state index < -0.39 is 5.41 Å². The lowest BCUT2D eigenvalue weighted by molar-refractivity contribution is -0.137. The van der Waals surface area contributed by atoms with Gasteiger partial charge in [0.2, 0.25) is 11.8 Å². The van der Waals surface area contributed by atoms with E-state index in [0.717, 1.165) is 30.9 Å². The van der Waals surface area contributed by atoms with Gasteiger partial charge in [0.1, 0.15) is 16.9 Å². The number of hydrogen-bond acceptors (Lipinski definition) is 5. The maximum Gasteiger partial charge on any atom is 0.242 e. The van der Waals surface area contributed by atoms with E-state index in [0.29, 0.717) is 24.6 Å². The molecule has 0 saturated heterocycles. The summed E-state index contributed by atoms with van der Waals surface area (Å²) in [4.78, 5) is 29.1. The molecule has 2 aromatic rings. The summed E-state index contributed by atoms with van der Waals surface area (Å²) < 4.78 is 11.1. The summed E-state index contributed by atoms with van der Waals surface area (Å²) in [6, 6.07) is 13.6. The number of amides is 2. The number of hydrogen-bond donors (Lipinski definition) is 1. The molecule has 2 aromatic carbocycles. The van der Waals surface area contributed by atoms with Crippen LogP contribution in [-0.4, -0.2) is 45.7 Å². The highest BCUT2D eigenvalue weighted by atomic mass is 16.5. The highest BCUT2D eigenvalue weighted by molar-refractivity contribution is 6.20. The van der Waals surface area contributed by atoms with Gasteiger partial charge in [-0.2, -0.15) is 0 Å². The molecule has 0 aromatic heterocycles. The minimum Gasteiger partial charge on any atom is -0.497 e. The Hall–Kier alpha value is -3.06. The number of rotatable bonds is 9. The molecule has 0 spiro atoms. The van der Waals surface area contributed by atoms with E-state index >= 15 is 0 Å². The number of benzene rings is 2. The molecule has 32 heavy (non-hydrogen) atoms. The van der Waals surface area contributed by atoms with Crippen molar-refractivity contribution >= 4 is 23.2 Å². The molecule has 1 N–H and O–H groups in total. The second kappa shape index (κ2) is 10.0. The van der Waals surface area contributed by atoms with Gasteiger partial charge in [-0.1, -0.05) is 12.1 Å². The van der Waals surface area contributed by atoms with Crippen LogP contribution in [0.3, 0.4) is 0 Å². The van der Waals surface area contributed by atoms with Gasteiger partial charge in [0.15, 0.2) is 0 Å². The fourth-order valence-corrected chi connectivity index (χ4v) is 3.83. The van der Waals surface area contributed by atoms with E-state index in [2.05, 4.69) is 5.32 Å². The largest absolute Gasteiger partial charge is 0.497 e. The first-order valence-electron chi connectivity index (χ1n) is 11.0. The highest BCUT2D eigenvalue weighted by Crippen LogP contribution is 2.40. The molecule has 2 amide bonds. The standard InChI is InChI=1S/C25H33N3O4/c1-6-28-21-13-12-20(16-22(21)27(4)23(29)25(2,3)24(28)30)32-15-7-14-26-17-18-8-10-19(31-5)11-9-18/h8-13,16,26H,6-7,14-15,17H2,1-5H3. The van der Waals surface area contributed by atoms with Crippen molar-refractivity contribution in [1.29, 1.82) is 0 Å². The zero-order valence-corrected chi connectivity index (χ0v) is 19.6. The molecule has 0 saturated carbocycles. The first kappa shape index (κ1) is 23.6. The minimum absolute atomic E-state index is 0.188. The van der Waals surface area contributed by atoms with Gasteiger partial charge in [-0.05, 0) is 63.6 Å². The quantitative estimate of drug-likeness (QED) is 0.477. The number of fused-ring (bicyclic) bond motifs is 1. The molecule has 7 nitrogen and oxygen atoms in total. The Labute approximate surface area is 190 Å². The molecule has 3 rings (SSSR count). The van der Waals surface area contributed by atoms with Crippen LogP contribution in [0.2, 0.25) is 0 Å². The van der Waals surface area contributed by atoms with Gasteiger partial charge in [-0.25, -0.2) is 0 Å². The average molecular weight is 440 g/mol. The van der Waals surface area contributed by atoms with E-state index in [9.17, 15) is 9.59 Å². The molecule has 0 bridgehead atoms. The predicted molar refractivity (Wildman–Crippen MR) is 126 cm³/mol. The van der Waals surface area contributed by atoms with E-state index in [-0.39, 0.29) is 11.8 Å². The van der Waals surface area contributed by atoms with Crippen LogP contribution >= 0.6 is 0 Å². The van der Waals surface area contributed by atoms with Crippen molar-refractivity contribution in [1.82, 2.24) is 5.32 Å². The molecule has 1 aliphatic heterocycles. The van der Waals surface area contributed by atoms with Crippen molar-refractivity contribution in [3.63, 3.8) is 0 Å². The van der Waals surface area contributed by atoms with Crippen LogP contribution in [0, 0.1) is 5.41 Å². The normalized spacial score (nSPS) is 15.4. The van der Waals surface area contributed by atoms with Crippen molar-refractivity contribution < 1.29 is 19.1 Å². The molecule has 0 radical (unpaired) electrons. The second-order valence-corrected chi connectivity index (χ2v) is 8.42. The number of ether oxygens (including phenoxy) is 2. The molecule has 1 heterocycles. The summed E-state index contributed by atoms with van der Waals surface area (Å²) in [5, 5.41) is 3.41. The van der Waals surface area contributed by atoms with Crippen molar-refractivity contribution in [3.05, 3.63) is 48.0 Å². The zero-order valence-electron chi connectivity index (χ0n) is 19.6. The van der Waals surface area contributed by atoms with Gasteiger partial charge in [0.25, 0.3) is 0 Å². The smallest absolute Gasteiger partial charge is 0.242 e. The molecule has 0 fully saturated rings. The van der Waals surface area contributed by atoms with E-state index in [4.69, 9.17) is 9.47 Å². The number of methoxy groups -OCH3 is 1. The average Bonchev–Trinajstić information content (AvgIpc) is 2.85.